The summed E-state index contributed by atoms with van der Waals surface area (Å²) in [6.45, 7) is 0. The lowest BCUT2D eigenvalue weighted by Gasteiger charge is -2.16. The van der Waals surface area contributed by atoms with E-state index in [4.69, 9.17) is 23.8 Å². The van der Waals surface area contributed by atoms with Gasteiger partial charge in [-0.05, 0) is 94.0 Å². The molecule has 14 rings (SSSR count). The highest BCUT2D eigenvalue weighted by molar-refractivity contribution is 6.20. The fourth-order valence-electron chi connectivity index (χ4n) is 10.0. The summed E-state index contributed by atoms with van der Waals surface area (Å²) in [7, 11) is 0. The second-order valence-electron chi connectivity index (χ2n) is 16.7. The predicted molar refractivity (Wildman–Crippen MR) is 265 cm³/mol. The molecule has 0 fully saturated rings. The van der Waals surface area contributed by atoms with Crippen molar-refractivity contribution in [1.82, 2.24) is 19.5 Å². The van der Waals surface area contributed by atoms with Gasteiger partial charge >= 0.3 is 0 Å². The zero-order chi connectivity index (χ0) is 42.6. The molecule has 65 heavy (non-hydrogen) atoms. The summed E-state index contributed by atoms with van der Waals surface area (Å²) in [6.07, 6.45) is 0. The molecule has 4 heterocycles. The van der Waals surface area contributed by atoms with E-state index < -0.39 is 0 Å². The molecule has 4 aromatic heterocycles. The normalized spacial score (nSPS) is 12.0. The molecule has 0 aliphatic rings. The fraction of sp³-hybridized carbons (Fsp3) is 0. The number of rotatable bonds is 5. The number of hydrogen-bond acceptors (Lipinski definition) is 5. The molecule has 0 atom stereocenters. The minimum atomic E-state index is 0.555. The second kappa shape index (κ2) is 13.8. The minimum absolute atomic E-state index is 0.555. The van der Waals surface area contributed by atoms with Crippen LogP contribution in [0.3, 0.4) is 0 Å². The van der Waals surface area contributed by atoms with Crippen LogP contribution in [0, 0.1) is 0 Å². The lowest BCUT2D eigenvalue weighted by Crippen LogP contribution is -2.02. The van der Waals surface area contributed by atoms with Crippen LogP contribution in [-0.2, 0) is 0 Å². The van der Waals surface area contributed by atoms with Gasteiger partial charge in [0.25, 0.3) is 0 Å². The van der Waals surface area contributed by atoms with E-state index in [1.54, 1.807) is 0 Å². The number of nitrogens with zero attached hydrogens (tertiary/aromatic N) is 4. The first-order chi connectivity index (χ1) is 32.2. The third kappa shape index (κ3) is 5.51. The van der Waals surface area contributed by atoms with Crippen LogP contribution in [0.25, 0.3) is 138 Å². The summed E-state index contributed by atoms with van der Waals surface area (Å²) < 4.78 is 15.5. The van der Waals surface area contributed by atoms with E-state index in [2.05, 4.69) is 156 Å². The highest BCUT2D eigenvalue weighted by Gasteiger charge is 2.23. The van der Waals surface area contributed by atoms with Crippen molar-refractivity contribution in [3.63, 3.8) is 0 Å². The van der Waals surface area contributed by atoms with Crippen LogP contribution in [0.15, 0.2) is 215 Å². The van der Waals surface area contributed by atoms with Crippen molar-refractivity contribution in [3.8, 4) is 51.0 Å². The second-order valence-corrected chi connectivity index (χ2v) is 16.7. The molecule has 6 heteroatoms. The van der Waals surface area contributed by atoms with E-state index in [-0.39, 0.29) is 0 Å². The minimum Gasteiger partial charge on any atom is -0.456 e. The molecule has 0 unspecified atom stereocenters. The molecule has 302 valence electrons. The van der Waals surface area contributed by atoms with Crippen molar-refractivity contribution >= 4 is 87.2 Å². The molecule has 0 saturated heterocycles. The van der Waals surface area contributed by atoms with Crippen molar-refractivity contribution < 1.29 is 8.83 Å². The van der Waals surface area contributed by atoms with Crippen LogP contribution >= 0.6 is 0 Å². The molecule has 0 aliphatic carbocycles. The summed E-state index contributed by atoms with van der Waals surface area (Å²) in [4.78, 5) is 15.8. The summed E-state index contributed by atoms with van der Waals surface area (Å²) >= 11 is 0. The maximum atomic E-state index is 6.79. The van der Waals surface area contributed by atoms with Crippen molar-refractivity contribution in [2.45, 2.75) is 0 Å². The summed E-state index contributed by atoms with van der Waals surface area (Å²) in [5.74, 6) is 1.69. The van der Waals surface area contributed by atoms with E-state index in [1.165, 1.54) is 21.5 Å². The van der Waals surface area contributed by atoms with E-state index in [0.717, 1.165) is 99.2 Å². The molecule has 0 spiro atoms. The van der Waals surface area contributed by atoms with Gasteiger partial charge in [-0.15, -0.1) is 0 Å². The zero-order valence-electron chi connectivity index (χ0n) is 34.7. The highest BCUT2D eigenvalue weighted by atomic mass is 16.3. The van der Waals surface area contributed by atoms with Gasteiger partial charge in [0, 0.05) is 60.1 Å². The Hall–Kier alpha value is -8.87. The molecule has 0 amide bonds. The van der Waals surface area contributed by atoms with Gasteiger partial charge in [-0.1, -0.05) is 140 Å². The number of aromatic nitrogens is 4. The van der Waals surface area contributed by atoms with Gasteiger partial charge in [0.2, 0.25) is 0 Å². The summed E-state index contributed by atoms with van der Waals surface area (Å²) in [5.41, 5.74) is 11.2. The van der Waals surface area contributed by atoms with Crippen LogP contribution in [0.1, 0.15) is 0 Å². The lowest BCUT2D eigenvalue weighted by atomic mass is 9.93. The van der Waals surface area contributed by atoms with Gasteiger partial charge in [-0.25, -0.2) is 15.0 Å². The molecule has 0 bridgehead atoms. The van der Waals surface area contributed by atoms with Gasteiger partial charge in [0.15, 0.2) is 17.5 Å². The lowest BCUT2D eigenvalue weighted by molar-refractivity contribution is 0.669. The van der Waals surface area contributed by atoms with Crippen molar-refractivity contribution in [1.29, 1.82) is 0 Å². The Kier molecular flexibility index (Phi) is 7.59. The molecule has 0 aliphatic heterocycles. The topological polar surface area (TPSA) is 69.9 Å². The van der Waals surface area contributed by atoms with Crippen LogP contribution in [0.4, 0.5) is 0 Å². The zero-order valence-corrected chi connectivity index (χ0v) is 34.7. The first-order valence-corrected chi connectivity index (χ1v) is 21.8. The Morgan fingerprint density at radius 1 is 0.323 bits per heavy atom. The summed E-state index contributed by atoms with van der Waals surface area (Å²) in [6, 6.07) is 72.2. The molecular weight excluding hydrogens is 797 g/mol. The van der Waals surface area contributed by atoms with Crippen LogP contribution in [-0.4, -0.2) is 19.5 Å². The van der Waals surface area contributed by atoms with Crippen LogP contribution in [0.2, 0.25) is 0 Å². The monoisotopic (exact) mass is 830 g/mol. The molecular formula is C59H34N4O2. The Balaban J connectivity index is 1.06. The average molecular weight is 831 g/mol. The maximum absolute atomic E-state index is 6.79. The SMILES string of the molecule is c1ccc(-c2nc(-c3ccc4c(c3)oc3ccccc34)nc(-c3ccc(-n4c5ccccc5c5cc6ccccc6cc54)cc3-c3cccc4oc5c6ccccc6ccc5c34)n2)cc1. The van der Waals surface area contributed by atoms with Crippen molar-refractivity contribution in [3.05, 3.63) is 206 Å². The molecule has 0 saturated carbocycles. The quantitative estimate of drug-likeness (QED) is 0.173. The Bertz CT molecular complexity index is 4250. The Morgan fingerprint density at radius 3 is 1.88 bits per heavy atom. The Labute approximate surface area is 371 Å². The first-order valence-electron chi connectivity index (χ1n) is 21.8. The molecule has 6 nitrogen and oxygen atoms in total. The van der Waals surface area contributed by atoms with Gasteiger partial charge < -0.3 is 13.4 Å². The van der Waals surface area contributed by atoms with Crippen molar-refractivity contribution in [2.24, 2.45) is 0 Å². The number of benzene rings is 10. The highest BCUT2D eigenvalue weighted by Crippen LogP contribution is 2.44. The van der Waals surface area contributed by atoms with Crippen LogP contribution in [0.5, 0.6) is 0 Å². The number of fused-ring (bicyclic) bond motifs is 12. The smallest absolute Gasteiger partial charge is 0.164 e. The van der Waals surface area contributed by atoms with Crippen LogP contribution < -0.4 is 0 Å². The van der Waals surface area contributed by atoms with E-state index in [0.29, 0.717) is 17.5 Å². The average Bonchev–Trinajstić information content (AvgIpc) is 4.05. The predicted octanol–water partition coefficient (Wildman–Crippen LogP) is 15.7. The first kappa shape index (κ1) is 35.7. The van der Waals surface area contributed by atoms with E-state index in [1.807, 2.05) is 54.6 Å². The molecule has 0 N–H and O–H groups in total. The van der Waals surface area contributed by atoms with Crippen molar-refractivity contribution in [2.75, 3.05) is 0 Å². The number of para-hydroxylation sites is 2. The van der Waals surface area contributed by atoms with Gasteiger partial charge in [0.05, 0.1) is 11.0 Å². The molecule has 10 aromatic carbocycles. The molecule has 14 aromatic rings. The maximum Gasteiger partial charge on any atom is 0.164 e. The van der Waals surface area contributed by atoms with Gasteiger partial charge in [0.1, 0.15) is 22.3 Å². The fourth-order valence-corrected chi connectivity index (χ4v) is 10.0. The molecule has 0 radical (unpaired) electrons. The largest absolute Gasteiger partial charge is 0.456 e. The van der Waals surface area contributed by atoms with E-state index in [9.17, 15) is 0 Å². The van der Waals surface area contributed by atoms with Gasteiger partial charge in [-0.2, -0.15) is 0 Å². The summed E-state index contributed by atoms with van der Waals surface area (Å²) in [5, 5.41) is 11.2. The van der Waals surface area contributed by atoms with E-state index >= 15 is 0 Å². The number of furan rings is 2. The van der Waals surface area contributed by atoms with Gasteiger partial charge in [-0.3, -0.25) is 0 Å². The number of hydrogen-bond donors (Lipinski definition) is 0. The Morgan fingerprint density at radius 2 is 1.00 bits per heavy atom. The standard InChI is InChI=1S/C59H34N4O2/c1-2-14-36(15-3-1)57-60-58(39-26-28-44-43-20-9-11-23-52(43)64-54(44)33-39)62-59(61-57)46-30-27-40(63-50-22-10-8-19-42(50)49-31-37-16-4-5-17-38(37)32-51(49)63)34-48(46)45-21-12-24-53-55(45)47-29-25-35-13-6-7-18-41(35)56(47)65-53/h1-34H. The third-order valence-electron chi connectivity index (χ3n) is 13.0. The third-order valence-corrected chi connectivity index (χ3v) is 13.0.